The number of hydrogen-bond donors (Lipinski definition) is 1. The minimum atomic E-state index is 0.0247. The molecular weight excluding hydrogens is 412 g/mol. The van der Waals surface area contributed by atoms with Crippen LogP contribution in [-0.2, 0) is 0 Å². The number of pyridine rings is 1. The lowest BCUT2D eigenvalue weighted by molar-refractivity contribution is 0.316. The van der Waals surface area contributed by atoms with Crippen LogP contribution in [0, 0.1) is 13.8 Å². The summed E-state index contributed by atoms with van der Waals surface area (Å²) in [4.78, 5) is 7.01. The quantitative estimate of drug-likeness (QED) is 0.385. The van der Waals surface area contributed by atoms with E-state index in [1.54, 1.807) is 0 Å². The van der Waals surface area contributed by atoms with Crippen molar-refractivity contribution in [3.8, 4) is 5.69 Å². The van der Waals surface area contributed by atoms with E-state index in [2.05, 4.69) is 95.1 Å². The number of aryl methyl sites for hydroxylation is 1. The normalized spacial score (nSPS) is 18.3. The van der Waals surface area contributed by atoms with Gasteiger partial charge in [0, 0.05) is 29.5 Å². The first-order valence-electron chi connectivity index (χ1n) is 11.2. The Balaban J connectivity index is 1.67. The minimum absolute atomic E-state index is 0.0247. The molecule has 0 aliphatic carbocycles. The highest BCUT2D eigenvalue weighted by Gasteiger charge is 2.41. The van der Waals surface area contributed by atoms with Gasteiger partial charge in [-0.15, -0.1) is 0 Å². The Morgan fingerprint density at radius 3 is 2.56 bits per heavy atom. The topological polar surface area (TPSA) is 33.1 Å². The van der Waals surface area contributed by atoms with Crippen molar-refractivity contribution in [1.82, 2.24) is 19.8 Å². The monoisotopic (exact) mass is 440 g/mol. The molecule has 0 saturated carbocycles. The third-order valence-corrected chi connectivity index (χ3v) is 6.81. The van der Waals surface area contributed by atoms with Crippen LogP contribution in [0.3, 0.4) is 0 Å². The zero-order valence-corrected chi connectivity index (χ0v) is 19.6. The van der Waals surface area contributed by atoms with Crippen molar-refractivity contribution in [2.75, 3.05) is 6.54 Å². The smallest absolute Gasteiger partial charge is 0.170 e. The molecule has 2 aromatic heterocycles. The van der Waals surface area contributed by atoms with Crippen LogP contribution >= 0.6 is 12.2 Å². The Bertz CT molecular complexity index is 1270. The first kappa shape index (κ1) is 20.7. The molecule has 1 aliphatic rings. The highest BCUT2D eigenvalue weighted by Crippen LogP contribution is 2.41. The zero-order valence-electron chi connectivity index (χ0n) is 18.7. The molecular formula is C27H28N4S. The van der Waals surface area contributed by atoms with Crippen LogP contribution in [0.25, 0.3) is 16.5 Å². The average Bonchev–Trinajstić information content (AvgIpc) is 3.29. The number of nitrogens with one attached hydrogen (secondary N) is 1. The van der Waals surface area contributed by atoms with Crippen molar-refractivity contribution in [1.29, 1.82) is 0 Å². The lowest BCUT2D eigenvalue weighted by Crippen LogP contribution is -2.30. The van der Waals surface area contributed by atoms with Crippen molar-refractivity contribution < 1.29 is 0 Å². The van der Waals surface area contributed by atoms with Crippen LogP contribution in [0.15, 0.2) is 72.9 Å². The number of benzene rings is 2. The Hall–Kier alpha value is -3.18. The van der Waals surface area contributed by atoms with E-state index >= 15 is 0 Å². The summed E-state index contributed by atoms with van der Waals surface area (Å²) >= 11 is 5.78. The lowest BCUT2D eigenvalue weighted by atomic mass is 9.96. The second-order valence-corrected chi connectivity index (χ2v) is 8.87. The molecule has 5 heteroatoms. The van der Waals surface area contributed by atoms with E-state index in [4.69, 9.17) is 12.2 Å². The molecule has 0 amide bonds. The summed E-state index contributed by atoms with van der Waals surface area (Å²) in [6.45, 7) is 7.54. The fourth-order valence-electron chi connectivity index (χ4n) is 5.09. The zero-order chi connectivity index (χ0) is 22.2. The summed E-state index contributed by atoms with van der Waals surface area (Å²) in [5.41, 5.74) is 6.01. The Morgan fingerprint density at radius 1 is 1.00 bits per heavy atom. The van der Waals surface area contributed by atoms with Gasteiger partial charge in [0.15, 0.2) is 5.11 Å². The van der Waals surface area contributed by atoms with E-state index in [-0.39, 0.29) is 12.1 Å². The third kappa shape index (κ3) is 3.37. The average molecular weight is 441 g/mol. The Kier molecular flexibility index (Phi) is 5.43. The van der Waals surface area contributed by atoms with Gasteiger partial charge in [-0.25, -0.2) is 0 Å². The summed E-state index contributed by atoms with van der Waals surface area (Å²) in [6, 6.07) is 23.7. The molecule has 0 unspecified atom stereocenters. The Labute approximate surface area is 194 Å². The van der Waals surface area contributed by atoms with E-state index in [9.17, 15) is 0 Å². The predicted molar refractivity (Wildman–Crippen MR) is 135 cm³/mol. The second-order valence-electron chi connectivity index (χ2n) is 8.48. The van der Waals surface area contributed by atoms with Crippen molar-refractivity contribution >= 4 is 28.1 Å². The second kappa shape index (κ2) is 8.40. The number of hydrogen-bond acceptors (Lipinski definition) is 2. The molecule has 2 atom stereocenters. The van der Waals surface area contributed by atoms with Gasteiger partial charge in [-0.05, 0) is 67.7 Å². The van der Waals surface area contributed by atoms with Crippen molar-refractivity contribution in [3.05, 3.63) is 95.6 Å². The van der Waals surface area contributed by atoms with Crippen molar-refractivity contribution in [3.63, 3.8) is 0 Å². The number of rotatable bonds is 5. The summed E-state index contributed by atoms with van der Waals surface area (Å²) in [5.74, 6) is 0. The maximum Gasteiger partial charge on any atom is 0.170 e. The van der Waals surface area contributed by atoms with Crippen LogP contribution in [0.4, 0.5) is 0 Å². The number of nitrogens with zero attached hydrogens (tertiary/aromatic N) is 3. The molecule has 4 aromatic rings. The van der Waals surface area contributed by atoms with Gasteiger partial charge in [-0.1, -0.05) is 49.4 Å². The molecule has 3 heterocycles. The maximum atomic E-state index is 5.78. The summed E-state index contributed by atoms with van der Waals surface area (Å²) < 4.78 is 2.39. The highest BCUT2D eigenvalue weighted by molar-refractivity contribution is 7.80. The standard InChI is InChI=1S/C27H28N4S/c1-4-16-30-26(25(29-27(30)32)23-13-7-8-15-28-23)22-17-18(2)31(19(22)3)24-14-9-11-20-10-5-6-12-21(20)24/h5-15,17,25-26H,4,16H2,1-3H3,(H,29,32)/t25-,26+/m0/s1. The number of thiocarbonyl (C=S) groups is 1. The molecule has 1 aliphatic heterocycles. The van der Waals surface area contributed by atoms with E-state index in [1.165, 1.54) is 33.4 Å². The highest BCUT2D eigenvalue weighted by atomic mass is 32.1. The molecule has 32 heavy (non-hydrogen) atoms. The van der Waals surface area contributed by atoms with Gasteiger partial charge in [-0.3, -0.25) is 4.98 Å². The molecule has 1 saturated heterocycles. The molecule has 0 spiro atoms. The van der Waals surface area contributed by atoms with E-state index in [0.29, 0.717) is 0 Å². The summed E-state index contributed by atoms with van der Waals surface area (Å²) in [6.07, 6.45) is 2.90. The van der Waals surface area contributed by atoms with Crippen LogP contribution in [0.2, 0.25) is 0 Å². The third-order valence-electron chi connectivity index (χ3n) is 6.46. The van der Waals surface area contributed by atoms with Crippen LogP contribution in [0.1, 0.15) is 48.1 Å². The molecule has 5 rings (SSSR count). The Morgan fingerprint density at radius 2 is 1.78 bits per heavy atom. The summed E-state index contributed by atoms with van der Waals surface area (Å²) in [7, 11) is 0. The lowest BCUT2D eigenvalue weighted by Gasteiger charge is -2.28. The van der Waals surface area contributed by atoms with Crippen molar-refractivity contribution in [2.24, 2.45) is 0 Å². The minimum Gasteiger partial charge on any atom is -0.352 e. The van der Waals surface area contributed by atoms with E-state index < -0.39 is 0 Å². The molecule has 162 valence electrons. The first-order chi connectivity index (χ1) is 15.6. The molecule has 1 fully saturated rings. The largest absolute Gasteiger partial charge is 0.352 e. The van der Waals surface area contributed by atoms with Crippen LogP contribution in [0.5, 0.6) is 0 Å². The van der Waals surface area contributed by atoms with Gasteiger partial charge in [-0.2, -0.15) is 0 Å². The van der Waals surface area contributed by atoms with E-state index in [0.717, 1.165) is 23.8 Å². The fraction of sp³-hybridized carbons (Fsp3) is 0.259. The van der Waals surface area contributed by atoms with Crippen LogP contribution in [-0.4, -0.2) is 26.1 Å². The van der Waals surface area contributed by atoms with Crippen LogP contribution < -0.4 is 5.32 Å². The molecule has 0 bridgehead atoms. The number of aromatic nitrogens is 2. The van der Waals surface area contributed by atoms with Gasteiger partial charge in [0.05, 0.1) is 23.5 Å². The van der Waals surface area contributed by atoms with E-state index in [1.807, 2.05) is 18.3 Å². The molecule has 2 aromatic carbocycles. The van der Waals surface area contributed by atoms with Crippen molar-refractivity contribution in [2.45, 2.75) is 39.3 Å². The number of fused-ring (bicyclic) bond motifs is 1. The van der Waals surface area contributed by atoms with Gasteiger partial charge < -0.3 is 14.8 Å². The fourth-order valence-corrected chi connectivity index (χ4v) is 5.42. The maximum absolute atomic E-state index is 5.78. The van der Waals surface area contributed by atoms with Gasteiger partial charge in [0.2, 0.25) is 0 Å². The molecule has 0 radical (unpaired) electrons. The van der Waals surface area contributed by atoms with Gasteiger partial charge >= 0.3 is 0 Å². The predicted octanol–water partition coefficient (Wildman–Crippen LogP) is 6.02. The van der Waals surface area contributed by atoms with Gasteiger partial charge in [0.25, 0.3) is 0 Å². The summed E-state index contributed by atoms with van der Waals surface area (Å²) in [5, 5.41) is 6.88. The molecule has 1 N–H and O–H groups in total. The first-order valence-corrected chi connectivity index (χ1v) is 11.7. The molecule has 4 nitrogen and oxygen atoms in total. The SMILES string of the molecule is CCCN1C(=S)N[C@@H](c2ccccn2)[C@H]1c1cc(C)n(-c2cccc3ccccc23)c1C. The van der Waals surface area contributed by atoms with Gasteiger partial charge in [0.1, 0.15) is 0 Å².